The maximum Gasteiger partial charge on any atom is 0.276 e. The number of carbonyl (C=O) groups excluding carboxylic acids is 1. The molecule has 5 nitrogen and oxygen atoms in total. The molecule has 0 aliphatic heterocycles. The van der Waals surface area contributed by atoms with E-state index in [0.717, 1.165) is 41.1 Å². The van der Waals surface area contributed by atoms with Crippen LogP contribution in [0.15, 0.2) is 57.8 Å². The molecule has 4 rings (SSSR count). The number of halogens is 2. The summed E-state index contributed by atoms with van der Waals surface area (Å²) in [6.45, 7) is 3.87. The molecule has 0 bridgehead atoms. The second-order valence-electron chi connectivity index (χ2n) is 6.85. The Morgan fingerprint density at radius 1 is 1.19 bits per heavy atom. The summed E-state index contributed by atoms with van der Waals surface area (Å²) in [5.41, 5.74) is 2.73. The first-order valence-electron chi connectivity index (χ1n) is 9.29. The molecule has 0 fully saturated rings. The Labute approximate surface area is 184 Å². The van der Waals surface area contributed by atoms with Crippen LogP contribution in [0.3, 0.4) is 0 Å². The molecule has 31 heavy (non-hydrogen) atoms. The number of aryl methyl sites for hydroxylation is 1. The molecular formula is C22H17F2N3O2S2. The first-order chi connectivity index (χ1) is 14.8. The maximum atomic E-state index is 13.8. The van der Waals surface area contributed by atoms with Crippen molar-refractivity contribution in [3.63, 3.8) is 0 Å². The lowest BCUT2D eigenvalue weighted by Gasteiger charge is -2.15. The van der Waals surface area contributed by atoms with Gasteiger partial charge in [0.1, 0.15) is 16.3 Å². The van der Waals surface area contributed by atoms with Gasteiger partial charge in [0.2, 0.25) is 5.91 Å². The highest BCUT2D eigenvalue weighted by atomic mass is 32.2. The van der Waals surface area contributed by atoms with Crippen LogP contribution in [0.1, 0.15) is 11.1 Å². The van der Waals surface area contributed by atoms with Crippen molar-refractivity contribution in [1.82, 2.24) is 9.55 Å². The Morgan fingerprint density at radius 2 is 2.00 bits per heavy atom. The molecule has 0 saturated carbocycles. The summed E-state index contributed by atoms with van der Waals surface area (Å²) in [5.74, 6) is -2.06. The zero-order valence-electron chi connectivity index (χ0n) is 16.6. The van der Waals surface area contributed by atoms with Crippen LogP contribution in [0.25, 0.3) is 15.9 Å². The number of hydrogen-bond donors (Lipinski definition) is 1. The second-order valence-corrected chi connectivity index (χ2v) is 8.71. The van der Waals surface area contributed by atoms with Gasteiger partial charge in [-0.1, -0.05) is 23.9 Å². The van der Waals surface area contributed by atoms with E-state index >= 15 is 0 Å². The van der Waals surface area contributed by atoms with Crippen molar-refractivity contribution in [3.8, 4) is 5.69 Å². The molecule has 9 heteroatoms. The van der Waals surface area contributed by atoms with Crippen LogP contribution < -0.4 is 10.9 Å². The number of nitrogens with zero attached hydrogens (tertiary/aromatic N) is 2. The molecule has 0 unspecified atom stereocenters. The fourth-order valence-electron chi connectivity index (χ4n) is 3.09. The zero-order chi connectivity index (χ0) is 22.1. The molecular weight excluding hydrogens is 440 g/mol. The standard InChI is InChI=1S/C22H17F2N3O2S2/c1-12-4-3-5-18(13(12)2)27-21(29)20-16(8-9-30-20)26-22(27)31-11-19(28)25-17-10-14(23)6-7-15(17)24/h3-10H,11H2,1-2H3,(H,25,28). The van der Waals surface area contributed by atoms with Crippen molar-refractivity contribution < 1.29 is 13.6 Å². The van der Waals surface area contributed by atoms with Crippen molar-refractivity contribution in [2.45, 2.75) is 19.0 Å². The molecule has 1 N–H and O–H groups in total. The third-order valence-electron chi connectivity index (χ3n) is 4.80. The molecule has 2 aromatic carbocycles. The lowest BCUT2D eigenvalue weighted by molar-refractivity contribution is -0.113. The predicted molar refractivity (Wildman–Crippen MR) is 120 cm³/mol. The summed E-state index contributed by atoms with van der Waals surface area (Å²) in [6, 6.07) is 10.2. The van der Waals surface area contributed by atoms with E-state index in [9.17, 15) is 18.4 Å². The molecule has 0 atom stereocenters. The van der Waals surface area contributed by atoms with E-state index < -0.39 is 17.5 Å². The maximum absolute atomic E-state index is 13.8. The quantitative estimate of drug-likeness (QED) is 0.336. The van der Waals surface area contributed by atoms with E-state index in [2.05, 4.69) is 10.3 Å². The summed E-state index contributed by atoms with van der Waals surface area (Å²) < 4.78 is 29.2. The number of benzene rings is 2. The summed E-state index contributed by atoms with van der Waals surface area (Å²) >= 11 is 2.36. The molecule has 2 heterocycles. The van der Waals surface area contributed by atoms with Crippen molar-refractivity contribution >= 4 is 44.9 Å². The first kappa shape index (κ1) is 21.2. The van der Waals surface area contributed by atoms with Crippen molar-refractivity contribution in [2.75, 3.05) is 11.1 Å². The number of carbonyl (C=O) groups is 1. The summed E-state index contributed by atoms with van der Waals surface area (Å²) in [4.78, 5) is 30.2. The molecule has 0 aliphatic rings. The van der Waals surface area contributed by atoms with Gasteiger partial charge in [-0.05, 0) is 54.6 Å². The highest BCUT2D eigenvalue weighted by Crippen LogP contribution is 2.26. The Morgan fingerprint density at radius 3 is 2.81 bits per heavy atom. The van der Waals surface area contributed by atoms with Crippen molar-refractivity contribution in [1.29, 1.82) is 0 Å². The lowest BCUT2D eigenvalue weighted by atomic mass is 10.1. The average Bonchev–Trinajstić information content (AvgIpc) is 3.21. The molecule has 4 aromatic rings. The van der Waals surface area contributed by atoms with E-state index in [0.29, 0.717) is 21.1 Å². The molecule has 0 radical (unpaired) electrons. The minimum Gasteiger partial charge on any atom is -0.323 e. The predicted octanol–water partition coefficient (Wildman–Crippen LogP) is 5.07. The fourth-order valence-corrected chi connectivity index (χ4v) is 4.65. The Balaban J connectivity index is 1.68. The molecule has 0 spiro atoms. The Bertz CT molecular complexity index is 1360. The average molecular weight is 458 g/mol. The zero-order valence-corrected chi connectivity index (χ0v) is 18.2. The summed E-state index contributed by atoms with van der Waals surface area (Å²) in [6.07, 6.45) is 0. The van der Waals surface area contributed by atoms with Crippen LogP contribution in [-0.4, -0.2) is 21.2 Å². The Kier molecular flexibility index (Phi) is 5.88. The third-order valence-corrected chi connectivity index (χ3v) is 6.63. The van der Waals surface area contributed by atoms with Gasteiger partial charge in [0.15, 0.2) is 5.16 Å². The number of fused-ring (bicyclic) bond motifs is 1. The molecule has 2 aromatic heterocycles. The summed E-state index contributed by atoms with van der Waals surface area (Å²) in [7, 11) is 0. The van der Waals surface area contributed by atoms with Crippen molar-refractivity contribution in [2.24, 2.45) is 0 Å². The van der Waals surface area contributed by atoms with Gasteiger partial charge in [-0.15, -0.1) is 11.3 Å². The third kappa shape index (κ3) is 4.24. The van der Waals surface area contributed by atoms with Gasteiger partial charge in [0.25, 0.3) is 5.56 Å². The topological polar surface area (TPSA) is 64.0 Å². The van der Waals surface area contributed by atoms with E-state index in [1.165, 1.54) is 15.9 Å². The van der Waals surface area contributed by atoms with Crippen LogP contribution in [0, 0.1) is 25.5 Å². The van der Waals surface area contributed by atoms with Gasteiger partial charge >= 0.3 is 0 Å². The number of aromatic nitrogens is 2. The van der Waals surface area contributed by atoms with Crippen LogP contribution in [-0.2, 0) is 4.79 Å². The van der Waals surface area contributed by atoms with Gasteiger partial charge in [-0.2, -0.15) is 0 Å². The molecule has 1 amide bonds. The smallest absolute Gasteiger partial charge is 0.276 e. The largest absolute Gasteiger partial charge is 0.323 e. The van der Waals surface area contributed by atoms with E-state index in [1.54, 1.807) is 11.4 Å². The Hall–Kier alpha value is -3.04. The normalized spacial score (nSPS) is 11.1. The van der Waals surface area contributed by atoms with Crippen LogP contribution >= 0.6 is 23.1 Å². The molecule has 0 saturated heterocycles. The number of rotatable bonds is 5. The first-order valence-corrected chi connectivity index (χ1v) is 11.2. The number of anilines is 1. The fraction of sp³-hybridized carbons (Fsp3) is 0.136. The van der Waals surface area contributed by atoms with Gasteiger partial charge in [0, 0.05) is 6.07 Å². The molecule has 0 aliphatic carbocycles. The van der Waals surface area contributed by atoms with Gasteiger partial charge in [0.05, 0.1) is 22.6 Å². The van der Waals surface area contributed by atoms with Crippen LogP contribution in [0.4, 0.5) is 14.5 Å². The number of thiophene rings is 1. The van der Waals surface area contributed by atoms with Crippen LogP contribution in [0.5, 0.6) is 0 Å². The van der Waals surface area contributed by atoms with Gasteiger partial charge in [-0.25, -0.2) is 13.8 Å². The monoisotopic (exact) mass is 457 g/mol. The van der Waals surface area contributed by atoms with E-state index in [1.807, 2.05) is 32.0 Å². The van der Waals surface area contributed by atoms with E-state index in [-0.39, 0.29) is 17.0 Å². The SMILES string of the molecule is Cc1cccc(-n2c(SCC(=O)Nc3cc(F)ccc3F)nc3ccsc3c2=O)c1C. The minimum atomic E-state index is -0.732. The van der Waals surface area contributed by atoms with Crippen LogP contribution in [0.2, 0.25) is 0 Å². The van der Waals surface area contributed by atoms with Gasteiger partial charge < -0.3 is 5.32 Å². The molecule has 158 valence electrons. The van der Waals surface area contributed by atoms with E-state index in [4.69, 9.17) is 0 Å². The van der Waals surface area contributed by atoms with Crippen molar-refractivity contribution in [3.05, 3.63) is 81.0 Å². The second kappa shape index (κ2) is 8.60. The number of amides is 1. The highest BCUT2D eigenvalue weighted by molar-refractivity contribution is 7.99. The number of thioether (sulfide) groups is 1. The number of nitrogens with one attached hydrogen (secondary N) is 1. The van der Waals surface area contributed by atoms with Gasteiger partial charge in [-0.3, -0.25) is 14.2 Å². The highest BCUT2D eigenvalue weighted by Gasteiger charge is 2.18. The minimum absolute atomic E-state index is 0.136. The summed E-state index contributed by atoms with van der Waals surface area (Å²) in [5, 5.41) is 4.50. The number of hydrogen-bond acceptors (Lipinski definition) is 5. The lowest BCUT2D eigenvalue weighted by Crippen LogP contribution is -2.23.